The third-order valence-electron chi connectivity index (χ3n) is 3.35. The van der Waals surface area contributed by atoms with Crippen molar-refractivity contribution in [2.24, 2.45) is 4.99 Å². The van der Waals surface area contributed by atoms with Crippen LogP contribution in [0.2, 0.25) is 0 Å². The molecular formula is C16H15NO. The molecule has 1 aromatic carbocycles. The number of aliphatic imine (C=N–C) groups is 1. The molecule has 0 aromatic heterocycles. The summed E-state index contributed by atoms with van der Waals surface area (Å²) in [7, 11) is 0. The summed E-state index contributed by atoms with van der Waals surface area (Å²) in [5, 5.41) is 0. The van der Waals surface area contributed by atoms with Crippen LogP contribution in [0, 0.1) is 0 Å². The van der Waals surface area contributed by atoms with E-state index in [0.717, 1.165) is 18.4 Å². The summed E-state index contributed by atoms with van der Waals surface area (Å²) in [4.78, 5) is 4.29. The Morgan fingerprint density at radius 1 is 1.17 bits per heavy atom. The van der Waals surface area contributed by atoms with Crippen LogP contribution in [-0.2, 0) is 10.3 Å². The molecule has 0 N–H and O–H groups in total. The van der Waals surface area contributed by atoms with Gasteiger partial charge in [0, 0.05) is 5.56 Å². The monoisotopic (exact) mass is 237 g/mol. The van der Waals surface area contributed by atoms with E-state index in [1.807, 2.05) is 24.4 Å². The number of rotatable bonds is 2. The van der Waals surface area contributed by atoms with E-state index in [0.29, 0.717) is 0 Å². The Labute approximate surface area is 107 Å². The fourth-order valence-electron chi connectivity index (χ4n) is 2.44. The highest BCUT2D eigenvalue weighted by molar-refractivity contribution is 5.78. The summed E-state index contributed by atoms with van der Waals surface area (Å²) in [6, 6.07) is 10.3. The molecule has 1 aliphatic heterocycles. The van der Waals surface area contributed by atoms with Crippen molar-refractivity contribution in [1.29, 1.82) is 0 Å². The first-order valence-electron chi connectivity index (χ1n) is 6.21. The Hall–Kier alpha value is -2.09. The van der Waals surface area contributed by atoms with Crippen LogP contribution < -0.4 is 0 Å². The summed E-state index contributed by atoms with van der Waals surface area (Å²) >= 11 is 0. The molecule has 2 nitrogen and oxygen atoms in total. The maximum atomic E-state index is 5.96. The van der Waals surface area contributed by atoms with Crippen LogP contribution in [-0.4, -0.2) is 6.21 Å². The van der Waals surface area contributed by atoms with E-state index in [2.05, 4.69) is 35.4 Å². The number of nitrogens with zero attached hydrogens (tertiary/aromatic N) is 1. The molecule has 2 aliphatic rings. The molecule has 0 spiro atoms. The van der Waals surface area contributed by atoms with Crippen LogP contribution in [0.1, 0.15) is 18.4 Å². The normalized spacial score (nSPS) is 25.7. The molecule has 0 saturated carbocycles. The zero-order valence-electron chi connectivity index (χ0n) is 10.1. The van der Waals surface area contributed by atoms with Gasteiger partial charge in [0.15, 0.2) is 5.60 Å². The molecule has 90 valence electrons. The molecule has 0 amide bonds. The van der Waals surface area contributed by atoms with Gasteiger partial charge in [0.05, 0.1) is 12.4 Å². The van der Waals surface area contributed by atoms with E-state index >= 15 is 0 Å². The van der Waals surface area contributed by atoms with Crippen LogP contribution in [0.4, 0.5) is 0 Å². The number of hydrogen-bond donors (Lipinski definition) is 0. The first-order valence-corrected chi connectivity index (χ1v) is 6.21. The highest BCUT2D eigenvalue weighted by Crippen LogP contribution is 2.37. The van der Waals surface area contributed by atoms with Crippen molar-refractivity contribution in [3.63, 3.8) is 0 Å². The smallest absolute Gasteiger partial charge is 0.190 e. The molecule has 1 aromatic rings. The summed E-state index contributed by atoms with van der Waals surface area (Å²) in [6.07, 6.45) is 13.7. The van der Waals surface area contributed by atoms with Gasteiger partial charge in [-0.15, -0.1) is 0 Å². The van der Waals surface area contributed by atoms with Crippen molar-refractivity contribution in [3.05, 3.63) is 72.2 Å². The van der Waals surface area contributed by atoms with Gasteiger partial charge in [-0.25, -0.2) is 0 Å². The molecule has 3 rings (SSSR count). The van der Waals surface area contributed by atoms with Gasteiger partial charge in [0.25, 0.3) is 0 Å². The van der Waals surface area contributed by atoms with Gasteiger partial charge in [-0.2, -0.15) is 0 Å². The van der Waals surface area contributed by atoms with Gasteiger partial charge in [0.2, 0.25) is 0 Å². The molecule has 0 saturated heterocycles. The van der Waals surface area contributed by atoms with E-state index in [9.17, 15) is 0 Å². The Morgan fingerprint density at radius 2 is 2.06 bits per heavy atom. The van der Waals surface area contributed by atoms with E-state index in [1.54, 1.807) is 12.5 Å². The van der Waals surface area contributed by atoms with Crippen LogP contribution >= 0.6 is 0 Å². The average Bonchev–Trinajstić information content (AvgIpc) is 2.50. The lowest BCUT2D eigenvalue weighted by Gasteiger charge is -2.34. The molecule has 1 heterocycles. The highest BCUT2D eigenvalue weighted by Gasteiger charge is 2.36. The highest BCUT2D eigenvalue weighted by atomic mass is 16.5. The van der Waals surface area contributed by atoms with Gasteiger partial charge in [0.1, 0.15) is 6.26 Å². The third-order valence-corrected chi connectivity index (χ3v) is 3.35. The third kappa shape index (κ3) is 1.80. The lowest BCUT2D eigenvalue weighted by atomic mass is 9.82. The fraction of sp³-hybridized carbons (Fsp3) is 0.188. The van der Waals surface area contributed by atoms with Crippen LogP contribution in [0.3, 0.4) is 0 Å². The van der Waals surface area contributed by atoms with Crippen molar-refractivity contribution in [2.45, 2.75) is 18.4 Å². The van der Waals surface area contributed by atoms with E-state index in [-0.39, 0.29) is 0 Å². The molecule has 0 bridgehead atoms. The molecule has 1 aliphatic carbocycles. The van der Waals surface area contributed by atoms with E-state index in [1.165, 1.54) is 5.57 Å². The summed E-state index contributed by atoms with van der Waals surface area (Å²) in [5.41, 5.74) is 1.85. The zero-order chi connectivity index (χ0) is 12.3. The summed E-state index contributed by atoms with van der Waals surface area (Å²) in [6.45, 7) is 0. The van der Waals surface area contributed by atoms with Crippen molar-refractivity contribution >= 4 is 6.21 Å². The molecule has 0 fully saturated rings. The Balaban J connectivity index is 2.10. The fourth-order valence-corrected chi connectivity index (χ4v) is 2.44. The quantitative estimate of drug-likeness (QED) is 0.768. The second kappa shape index (κ2) is 4.65. The minimum Gasteiger partial charge on any atom is -0.478 e. The van der Waals surface area contributed by atoms with Crippen molar-refractivity contribution < 1.29 is 4.74 Å². The first-order chi connectivity index (χ1) is 8.92. The zero-order valence-corrected chi connectivity index (χ0v) is 10.1. The number of benzene rings is 1. The summed E-state index contributed by atoms with van der Waals surface area (Å²) < 4.78 is 5.96. The lowest BCUT2D eigenvalue weighted by Crippen LogP contribution is -2.34. The van der Waals surface area contributed by atoms with Gasteiger partial charge in [-0.3, -0.25) is 4.99 Å². The lowest BCUT2D eigenvalue weighted by molar-refractivity contribution is 0.118. The topological polar surface area (TPSA) is 21.6 Å². The second-order valence-corrected chi connectivity index (χ2v) is 4.44. The Bertz CT molecular complexity index is 539. The van der Waals surface area contributed by atoms with Crippen molar-refractivity contribution in [3.8, 4) is 0 Å². The second-order valence-electron chi connectivity index (χ2n) is 4.44. The average molecular weight is 237 g/mol. The van der Waals surface area contributed by atoms with Gasteiger partial charge < -0.3 is 4.74 Å². The number of allylic oxidation sites excluding steroid dienone is 3. The van der Waals surface area contributed by atoms with E-state index in [4.69, 9.17) is 4.74 Å². The molecule has 18 heavy (non-hydrogen) atoms. The maximum Gasteiger partial charge on any atom is 0.190 e. The molecular weight excluding hydrogens is 222 g/mol. The first kappa shape index (κ1) is 11.0. The molecule has 1 unspecified atom stereocenters. The van der Waals surface area contributed by atoms with Crippen LogP contribution in [0.15, 0.2) is 71.6 Å². The van der Waals surface area contributed by atoms with Gasteiger partial charge >= 0.3 is 0 Å². The number of hydrogen-bond acceptors (Lipinski definition) is 2. The van der Waals surface area contributed by atoms with Crippen LogP contribution in [0.25, 0.3) is 0 Å². The predicted molar refractivity (Wildman–Crippen MR) is 73.3 cm³/mol. The Kier molecular flexibility index (Phi) is 2.85. The SMILES string of the molecule is C1=CCCC(C2(c3ccccc3)C=NC=CO2)=C1. The van der Waals surface area contributed by atoms with Gasteiger partial charge in [-0.05, 0) is 18.4 Å². The molecule has 2 heteroatoms. The standard InChI is InChI=1S/C16H15NO/c1-3-7-14(8-4-1)16(13-17-11-12-18-16)15-9-5-2-6-10-15/h1-5,7-9,11-13H,6,10H2. The largest absolute Gasteiger partial charge is 0.478 e. The Morgan fingerprint density at radius 3 is 2.72 bits per heavy atom. The minimum absolute atomic E-state index is 0.527. The van der Waals surface area contributed by atoms with Crippen LogP contribution in [0.5, 0.6) is 0 Å². The van der Waals surface area contributed by atoms with Gasteiger partial charge in [-0.1, -0.05) is 48.6 Å². The number of ether oxygens (including phenoxy) is 1. The summed E-state index contributed by atoms with van der Waals surface area (Å²) in [5.74, 6) is 0. The van der Waals surface area contributed by atoms with Crippen molar-refractivity contribution in [2.75, 3.05) is 0 Å². The molecule has 0 radical (unpaired) electrons. The minimum atomic E-state index is -0.527. The van der Waals surface area contributed by atoms with Crippen molar-refractivity contribution in [1.82, 2.24) is 0 Å². The maximum absolute atomic E-state index is 5.96. The predicted octanol–water partition coefficient (Wildman–Crippen LogP) is 3.73. The van der Waals surface area contributed by atoms with E-state index < -0.39 is 5.60 Å². The molecule has 1 atom stereocenters.